The summed E-state index contributed by atoms with van der Waals surface area (Å²) < 4.78 is 1.52. The van der Waals surface area contributed by atoms with Crippen LogP contribution >= 0.6 is 20.8 Å². The number of aliphatic hydroxyl groups is 1. The fourth-order valence-electron chi connectivity index (χ4n) is 4.09. The third-order valence-electron chi connectivity index (χ3n) is 6.06. The second-order valence-electron chi connectivity index (χ2n) is 8.42. The van der Waals surface area contributed by atoms with Crippen LogP contribution in [0, 0.1) is 6.92 Å². The number of aromatic nitrogens is 4. The van der Waals surface area contributed by atoms with Gasteiger partial charge in [-0.2, -0.15) is 9.61 Å². The number of nitrogens with zero attached hydrogens (tertiary/aromatic N) is 5. The number of aryl methyl sites for hydroxylation is 1. The van der Waals surface area contributed by atoms with Gasteiger partial charge in [0.05, 0.1) is 11.0 Å². The number of hydrogen-bond acceptors (Lipinski definition) is 5. The van der Waals surface area contributed by atoms with Crippen molar-refractivity contribution in [3.63, 3.8) is 0 Å². The van der Waals surface area contributed by atoms with Crippen molar-refractivity contribution in [3.8, 4) is 22.4 Å². The summed E-state index contributed by atoms with van der Waals surface area (Å²) in [6.07, 6.45) is 0.978. The molecule has 35 heavy (non-hydrogen) atoms. The van der Waals surface area contributed by atoms with E-state index in [-0.39, 0.29) is 11.7 Å². The van der Waals surface area contributed by atoms with Crippen LogP contribution in [0.15, 0.2) is 54.6 Å². The number of amides is 1. The third-order valence-corrected chi connectivity index (χ3v) is 6.89. The molecule has 7 nitrogen and oxygen atoms in total. The van der Waals surface area contributed by atoms with Crippen LogP contribution in [-0.4, -0.2) is 54.2 Å². The second kappa shape index (κ2) is 10.4. The summed E-state index contributed by atoms with van der Waals surface area (Å²) in [4.78, 5) is 14.9. The lowest BCUT2D eigenvalue weighted by molar-refractivity contribution is 0.0410. The van der Waals surface area contributed by atoms with Gasteiger partial charge in [-0.15, -0.1) is 19.4 Å². The van der Waals surface area contributed by atoms with Crippen LogP contribution in [0.4, 0.5) is 0 Å². The van der Waals surface area contributed by atoms with E-state index in [9.17, 15) is 9.90 Å². The molecule has 4 aromatic rings. The Hall–Kier alpha value is -2.86. The van der Waals surface area contributed by atoms with Gasteiger partial charge in [-0.25, -0.2) is 0 Å². The molecule has 2 aromatic heterocycles. The SMILES string of the molecule is CC.Cc1ccccc1-c1nn2c(C(=O)N3CCC(O)(P)CC3)nnc2cc1-c1ccc(Cl)cc1. The Bertz CT molecular complexity index is 1340. The van der Waals surface area contributed by atoms with Crippen molar-refractivity contribution in [2.75, 3.05) is 13.1 Å². The van der Waals surface area contributed by atoms with Crippen LogP contribution in [0.25, 0.3) is 28.0 Å². The zero-order chi connectivity index (χ0) is 25.2. The van der Waals surface area contributed by atoms with E-state index in [1.165, 1.54) is 4.52 Å². The molecule has 1 aliphatic heterocycles. The Morgan fingerprint density at radius 2 is 1.69 bits per heavy atom. The van der Waals surface area contributed by atoms with Crippen LogP contribution in [-0.2, 0) is 0 Å². The molecule has 1 unspecified atom stereocenters. The number of fused-ring (bicyclic) bond motifs is 1. The largest absolute Gasteiger partial charge is 0.386 e. The summed E-state index contributed by atoms with van der Waals surface area (Å²) in [5.74, 6) is -0.0813. The van der Waals surface area contributed by atoms with Gasteiger partial charge in [0.1, 0.15) is 0 Å². The highest BCUT2D eigenvalue weighted by Crippen LogP contribution is 2.34. The number of rotatable bonds is 3. The van der Waals surface area contributed by atoms with Gasteiger partial charge in [-0.3, -0.25) is 4.79 Å². The van der Waals surface area contributed by atoms with E-state index in [0.717, 1.165) is 27.9 Å². The maximum Gasteiger partial charge on any atom is 0.293 e. The lowest BCUT2D eigenvalue weighted by Crippen LogP contribution is -2.44. The van der Waals surface area contributed by atoms with E-state index in [0.29, 0.717) is 36.6 Å². The standard InChI is InChI=1S/C24H23ClN5O2P.C2H6/c1-15-4-2-3-5-18(15)21-19(16-6-8-17(25)9-7-16)14-20-26-27-22(30(20)28-21)23(31)29-12-10-24(32,33)11-13-29;1-2/h2-9,14,32H,10-13,33H2,1H3;1-2H3. The molecule has 1 atom stereocenters. The Labute approximate surface area is 212 Å². The Balaban J connectivity index is 0.00000141. The summed E-state index contributed by atoms with van der Waals surface area (Å²) in [6.45, 7) is 6.92. The lowest BCUT2D eigenvalue weighted by atomic mass is 9.97. The van der Waals surface area contributed by atoms with Gasteiger partial charge in [0.15, 0.2) is 5.65 Å². The van der Waals surface area contributed by atoms with Crippen molar-refractivity contribution in [2.24, 2.45) is 0 Å². The molecule has 0 saturated carbocycles. The number of likely N-dealkylation sites (tertiary alicyclic amines) is 1. The Morgan fingerprint density at radius 3 is 2.34 bits per heavy atom. The molecule has 1 amide bonds. The van der Waals surface area contributed by atoms with Crippen molar-refractivity contribution in [3.05, 3.63) is 71.0 Å². The van der Waals surface area contributed by atoms with Gasteiger partial charge in [-0.05, 0) is 49.1 Å². The number of halogens is 1. The monoisotopic (exact) mass is 509 g/mol. The van der Waals surface area contributed by atoms with Gasteiger partial charge >= 0.3 is 0 Å². The minimum Gasteiger partial charge on any atom is -0.386 e. The maximum atomic E-state index is 13.3. The van der Waals surface area contributed by atoms with Crippen LogP contribution in [0.2, 0.25) is 5.02 Å². The molecule has 3 heterocycles. The van der Waals surface area contributed by atoms with E-state index >= 15 is 0 Å². The molecular formula is C26H29ClN5O2P. The van der Waals surface area contributed by atoms with Gasteiger partial charge in [0, 0.05) is 29.2 Å². The fraction of sp³-hybridized carbons (Fsp3) is 0.308. The molecular weight excluding hydrogens is 481 g/mol. The number of piperidine rings is 1. The number of carbonyl (C=O) groups excluding carboxylic acids is 1. The summed E-state index contributed by atoms with van der Waals surface area (Å²) in [5, 5.41) is 23.3. The van der Waals surface area contributed by atoms with Crippen molar-refractivity contribution < 1.29 is 9.90 Å². The van der Waals surface area contributed by atoms with E-state index in [1.807, 2.05) is 75.4 Å². The highest BCUT2D eigenvalue weighted by molar-refractivity contribution is 7.18. The predicted molar refractivity (Wildman–Crippen MR) is 143 cm³/mol. The van der Waals surface area contributed by atoms with Crippen molar-refractivity contribution in [1.82, 2.24) is 24.7 Å². The molecule has 182 valence electrons. The Kier molecular flexibility index (Phi) is 7.50. The summed E-state index contributed by atoms with van der Waals surface area (Å²) in [6, 6.07) is 17.5. The molecule has 1 N–H and O–H groups in total. The van der Waals surface area contributed by atoms with Crippen molar-refractivity contribution in [1.29, 1.82) is 0 Å². The van der Waals surface area contributed by atoms with Crippen molar-refractivity contribution >= 4 is 32.4 Å². The summed E-state index contributed by atoms with van der Waals surface area (Å²) in [7, 11) is 2.47. The van der Waals surface area contributed by atoms with Crippen LogP contribution in [0.3, 0.4) is 0 Å². The molecule has 2 aromatic carbocycles. The maximum absolute atomic E-state index is 13.3. The normalized spacial score (nSPS) is 15.0. The average Bonchev–Trinajstić information content (AvgIpc) is 3.28. The van der Waals surface area contributed by atoms with E-state index < -0.39 is 5.34 Å². The first-order valence-corrected chi connectivity index (χ1v) is 12.7. The average molecular weight is 510 g/mol. The molecule has 0 radical (unpaired) electrons. The lowest BCUT2D eigenvalue weighted by Gasteiger charge is -2.35. The first-order valence-electron chi connectivity index (χ1n) is 11.7. The van der Waals surface area contributed by atoms with Crippen LogP contribution in [0.5, 0.6) is 0 Å². The highest BCUT2D eigenvalue weighted by Gasteiger charge is 2.32. The third kappa shape index (κ3) is 5.22. The minimum atomic E-state index is -0.826. The van der Waals surface area contributed by atoms with Crippen LogP contribution in [0.1, 0.15) is 42.9 Å². The summed E-state index contributed by atoms with van der Waals surface area (Å²) in [5.41, 5.74) is 5.07. The minimum absolute atomic E-state index is 0.164. The van der Waals surface area contributed by atoms with E-state index in [4.69, 9.17) is 16.7 Å². The predicted octanol–water partition coefficient (Wildman–Crippen LogP) is 5.25. The Morgan fingerprint density at radius 1 is 1.03 bits per heavy atom. The van der Waals surface area contributed by atoms with Crippen molar-refractivity contribution in [2.45, 2.75) is 39.0 Å². The number of hydrogen-bond donors (Lipinski definition) is 1. The van der Waals surface area contributed by atoms with E-state index in [1.54, 1.807) is 4.90 Å². The molecule has 0 bridgehead atoms. The first kappa shape index (κ1) is 25.2. The molecule has 0 aliphatic carbocycles. The zero-order valence-corrected chi connectivity index (χ0v) is 22.0. The van der Waals surface area contributed by atoms with Gasteiger partial charge in [0.25, 0.3) is 5.91 Å². The van der Waals surface area contributed by atoms with E-state index in [2.05, 4.69) is 19.4 Å². The number of carbonyl (C=O) groups is 1. The van der Waals surface area contributed by atoms with Gasteiger partial charge in [-0.1, -0.05) is 61.8 Å². The second-order valence-corrected chi connectivity index (χ2v) is 9.93. The highest BCUT2D eigenvalue weighted by atomic mass is 35.5. The zero-order valence-electron chi connectivity index (χ0n) is 20.1. The molecule has 1 aliphatic rings. The van der Waals surface area contributed by atoms with Gasteiger partial charge in [0.2, 0.25) is 5.82 Å². The quantitative estimate of drug-likeness (QED) is 0.381. The molecule has 1 saturated heterocycles. The van der Waals surface area contributed by atoms with Crippen LogP contribution < -0.4 is 0 Å². The first-order chi connectivity index (χ1) is 16.8. The molecule has 0 spiro atoms. The molecule has 1 fully saturated rings. The number of benzene rings is 2. The molecule has 9 heteroatoms. The fourth-order valence-corrected chi connectivity index (χ4v) is 4.47. The summed E-state index contributed by atoms with van der Waals surface area (Å²) >= 11 is 6.10. The smallest absolute Gasteiger partial charge is 0.293 e. The topological polar surface area (TPSA) is 83.6 Å². The molecule has 5 rings (SSSR count). The van der Waals surface area contributed by atoms with Gasteiger partial charge < -0.3 is 10.0 Å².